The predicted octanol–water partition coefficient (Wildman–Crippen LogP) is 16.4. The average molecular weight is 859 g/mol. The Kier molecular flexibility index (Phi) is 46.6. The first-order valence-electron chi connectivity index (χ1n) is 25.0. The van der Waals surface area contributed by atoms with Gasteiger partial charge in [0.2, 0.25) is 0 Å². The van der Waals surface area contributed by atoms with Gasteiger partial charge >= 0.3 is 17.9 Å². The number of hydrogen-bond acceptors (Lipinski definition) is 6. The van der Waals surface area contributed by atoms with Crippen LogP contribution in [0.1, 0.15) is 207 Å². The van der Waals surface area contributed by atoms with Gasteiger partial charge in [0.05, 0.1) is 6.42 Å². The first kappa shape index (κ1) is 58.1. The van der Waals surface area contributed by atoms with Crippen LogP contribution in [0.15, 0.2) is 109 Å². The van der Waals surface area contributed by atoms with Crippen LogP contribution in [0.2, 0.25) is 0 Å². The van der Waals surface area contributed by atoms with Crippen LogP contribution < -0.4 is 0 Å². The zero-order chi connectivity index (χ0) is 45.1. The first-order valence-corrected chi connectivity index (χ1v) is 25.0. The summed E-state index contributed by atoms with van der Waals surface area (Å²) < 4.78 is 16.6. The lowest BCUT2D eigenvalue weighted by atomic mass is 10.0. The number of rotatable bonds is 43. The van der Waals surface area contributed by atoms with E-state index in [1.807, 2.05) is 66.8 Å². The third-order valence-corrected chi connectivity index (χ3v) is 10.2. The number of unbranched alkanes of at least 4 members (excludes halogenated alkanes) is 20. The lowest BCUT2D eigenvalue weighted by molar-refractivity contribution is -0.166. The molecule has 62 heavy (non-hydrogen) atoms. The number of carbonyl (C=O) groups excluding carboxylic acids is 3. The van der Waals surface area contributed by atoms with Crippen LogP contribution >= 0.6 is 0 Å². The molecule has 0 saturated carbocycles. The molecule has 0 rings (SSSR count). The van der Waals surface area contributed by atoms with Crippen molar-refractivity contribution in [2.75, 3.05) is 13.2 Å². The zero-order valence-corrected chi connectivity index (χ0v) is 39.8. The molecular weight excluding hydrogens is 769 g/mol. The van der Waals surface area contributed by atoms with Gasteiger partial charge in [0.1, 0.15) is 13.2 Å². The molecule has 0 amide bonds. The SMILES string of the molecule is CC\C=C/C=C\C=C/C=C\C=C\C=C/CCCCCC(=O)OC(COC(=O)C/C=C\C/C=C\C/C=C\CC)COC(=O)CCCCCCCCCCCCCCCCCCCC. The molecule has 6 nitrogen and oxygen atoms in total. The van der Waals surface area contributed by atoms with Gasteiger partial charge in [-0.05, 0) is 51.4 Å². The molecule has 0 aliphatic heterocycles. The third-order valence-electron chi connectivity index (χ3n) is 10.2. The van der Waals surface area contributed by atoms with Crippen molar-refractivity contribution in [1.29, 1.82) is 0 Å². The molecule has 350 valence electrons. The highest BCUT2D eigenvalue weighted by atomic mass is 16.6. The minimum absolute atomic E-state index is 0.122. The highest BCUT2D eigenvalue weighted by Crippen LogP contribution is 2.15. The highest BCUT2D eigenvalue weighted by Gasteiger charge is 2.19. The topological polar surface area (TPSA) is 78.9 Å². The predicted molar refractivity (Wildman–Crippen MR) is 265 cm³/mol. The molecule has 0 aromatic rings. The van der Waals surface area contributed by atoms with E-state index < -0.39 is 12.1 Å². The van der Waals surface area contributed by atoms with Crippen molar-refractivity contribution in [3.05, 3.63) is 109 Å². The summed E-state index contributed by atoms with van der Waals surface area (Å²) in [4.78, 5) is 37.8. The highest BCUT2D eigenvalue weighted by molar-refractivity contribution is 5.72. The van der Waals surface area contributed by atoms with Crippen LogP contribution in [-0.2, 0) is 28.6 Å². The van der Waals surface area contributed by atoms with Gasteiger partial charge in [0.25, 0.3) is 0 Å². The standard InChI is InChI=1S/C56H90O6/c1-4-7-10-13-16-19-21-23-25-27-29-30-32-34-37-40-43-46-49-55(58)61-52-53(51-60-54(57)48-45-42-39-36-18-15-12-9-6-3)62-56(59)50-47-44-41-38-35-33-31-28-26-24-22-20-17-14-11-8-5-2/h8-9,11-12,14,17-18,20,22,24,26,28,31,33,35-36,42,45,53H,4-7,10,13,15-16,19,21,23,25,27,29-30,32,34,37-41,43-44,46-52H2,1-3H3/b11-8-,12-9-,17-14-,22-20-,26-24-,31-28+,35-33-,36-18-,45-42-. The summed E-state index contributed by atoms with van der Waals surface area (Å²) in [6.45, 7) is 6.23. The molecule has 0 spiro atoms. The van der Waals surface area contributed by atoms with Crippen molar-refractivity contribution in [2.45, 2.75) is 213 Å². The van der Waals surface area contributed by atoms with E-state index in [4.69, 9.17) is 14.2 Å². The van der Waals surface area contributed by atoms with E-state index in [0.717, 1.165) is 64.2 Å². The lowest BCUT2D eigenvalue weighted by Crippen LogP contribution is -2.30. The average Bonchev–Trinajstić information content (AvgIpc) is 3.27. The molecule has 0 fully saturated rings. The Balaban J connectivity index is 4.46. The maximum atomic E-state index is 12.7. The number of allylic oxidation sites excluding steroid dienone is 17. The van der Waals surface area contributed by atoms with Crippen LogP contribution in [0.4, 0.5) is 0 Å². The Hall–Kier alpha value is -3.93. The lowest BCUT2D eigenvalue weighted by Gasteiger charge is -2.18. The molecule has 1 unspecified atom stereocenters. The maximum absolute atomic E-state index is 12.7. The van der Waals surface area contributed by atoms with Crippen molar-refractivity contribution in [3.63, 3.8) is 0 Å². The minimum atomic E-state index is -0.836. The van der Waals surface area contributed by atoms with Gasteiger partial charge in [-0.25, -0.2) is 0 Å². The van der Waals surface area contributed by atoms with E-state index in [2.05, 4.69) is 57.2 Å². The van der Waals surface area contributed by atoms with Crippen LogP contribution in [0.25, 0.3) is 0 Å². The number of carbonyl (C=O) groups is 3. The summed E-state index contributed by atoms with van der Waals surface area (Å²) in [5.41, 5.74) is 0. The van der Waals surface area contributed by atoms with Crippen LogP contribution in [0, 0.1) is 0 Å². The molecule has 0 radical (unpaired) electrons. The van der Waals surface area contributed by atoms with E-state index in [0.29, 0.717) is 12.8 Å². The van der Waals surface area contributed by atoms with Crippen molar-refractivity contribution in [3.8, 4) is 0 Å². The quantitative estimate of drug-likeness (QED) is 0.0200. The van der Waals surface area contributed by atoms with Crippen molar-refractivity contribution in [1.82, 2.24) is 0 Å². The monoisotopic (exact) mass is 859 g/mol. The molecular formula is C56H90O6. The molecule has 6 heteroatoms. The molecule has 0 aliphatic rings. The van der Waals surface area contributed by atoms with E-state index in [-0.39, 0.29) is 38.0 Å². The summed E-state index contributed by atoms with van der Waals surface area (Å²) in [7, 11) is 0. The van der Waals surface area contributed by atoms with Gasteiger partial charge < -0.3 is 14.2 Å². The van der Waals surface area contributed by atoms with Gasteiger partial charge in [-0.1, -0.05) is 246 Å². The summed E-state index contributed by atoms with van der Waals surface area (Å²) in [5, 5.41) is 0. The Morgan fingerprint density at radius 2 is 0.758 bits per heavy atom. The second-order valence-corrected chi connectivity index (χ2v) is 16.1. The fourth-order valence-corrected chi connectivity index (χ4v) is 6.53. The smallest absolute Gasteiger partial charge is 0.309 e. The van der Waals surface area contributed by atoms with Crippen LogP contribution in [0.3, 0.4) is 0 Å². The summed E-state index contributed by atoms with van der Waals surface area (Å²) in [6, 6.07) is 0. The maximum Gasteiger partial charge on any atom is 0.309 e. The summed E-state index contributed by atoms with van der Waals surface area (Å²) in [5.74, 6) is -1.10. The normalized spacial score (nSPS) is 13.0. The number of ether oxygens (including phenoxy) is 3. The molecule has 1 atom stereocenters. The van der Waals surface area contributed by atoms with Gasteiger partial charge in [-0.2, -0.15) is 0 Å². The van der Waals surface area contributed by atoms with Gasteiger partial charge in [0, 0.05) is 12.8 Å². The number of hydrogen-bond donors (Lipinski definition) is 0. The van der Waals surface area contributed by atoms with E-state index in [1.165, 1.54) is 96.3 Å². The molecule has 0 heterocycles. The molecule has 0 N–H and O–H groups in total. The Morgan fingerprint density at radius 3 is 1.26 bits per heavy atom. The second kappa shape index (κ2) is 49.7. The Bertz CT molecular complexity index is 1310. The first-order chi connectivity index (χ1) is 30.5. The van der Waals surface area contributed by atoms with Gasteiger partial charge in [-0.15, -0.1) is 0 Å². The Labute approximate surface area is 380 Å². The Morgan fingerprint density at radius 1 is 0.371 bits per heavy atom. The third kappa shape index (κ3) is 47.1. The summed E-state index contributed by atoms with van der Waals surface area (Å²) >= 11 is 0. The fraction of sp³-hybridized carbons (Fsp3) is 0.625. The van der Waals surface area contributed by atoms with E-state index in [1.54, 1.807) is 6.08 Å². The van der Waals surface area contributed by atoms with Gasteiger partial charge in [-0.3, -0.25) is 14.4 Å². The van der Waals surface area contributed by atoms with Crippen molar-refractivity contribution >= 4 is 17.9 Å². The second-order valence-electron chi connectivity index (χ2n) is 16.1. The fourth-order valence-electron chi connectivity index (χ4n) is 6.53. The van der Waals surface area contributed by atoms with Gasteiger partial charge in [0.15, 0.2) is 6.10 Å². The largest absolute Gasteiger partial charge is 0.462 e. The molecule has 0 aromatic heterocycles. The van der Waals surface area contributed by atoms with Crippen molar-refractivity contribution < 1.29 is 28.6 Å². The molecule has 0 saturated heterocycles. The molecule has 0 bridgehead atoms. The number of esters is 3. The van der Waals surface area contributed by atoms with Crippen LogP contribution in [-0.4, -0.2) is 37.2 Å². The molecule has 0 aromatic carbocycles. The summed E-state index contributed by atoms with van der Waals surface area (Å²) in [6.07, 6.45) is 66.8. The van der Waals surface area contributed by atoms with Crippen LogP contribution in [0.5, 0.6) is 0 Å². The van der Waals surface area contributed by atoms with Crippen molar-refractivity contribution in [2.24, 2.45) is 0 Å². The minimum Gasteiger partial charge on any atom is -0.462 e. The zero-order valence-electron chi connectivity index (χ0n) is 39.8. The van der Waals surface area contributed by atoms with E-state index >= 15 is 0 Å². The van der Waals surface area contributed by atoms with E-state index in [9.17, 15) is 14.4 Å². The molecule has 0 aliphatic carbocycles.